The van der Waals surface area contributed by atoms with Crippen LogP contribution in [-0.4, -0.2) is 4.57 Å². The summed E-state index contributed by atoms with van der Waals surface area (Å²) in [6.07, 6.45) is 0. The van der Waals surface area contributed by atoms with Crippen molar-refractivity contribution >= 4 is 22.5 Å². The first-order valence-corrected chi connectivity index (χ1v) is 6.64. The summed E-state index contributed by atoms with van der Waals surface area (Å²) < 4.78 is 20.7. The minimum atomic E-state index is -0.303. The molecule has 0 aliphatic carbocycles. The number of fused-ring (bicyclic) bond motifs is 1. The molecule has 3 rings (SSSR count). The number of nitrogens with zero attached hydrogens (tertiary/aromatic N) is 1. The molecule has 0 saturated carbocycles. The quantitative estimate of drug-likeness (QED) is 0.690. The molecule has 0 aliphatic heterocycles. The molecular weight excluding hydrogens is 277 g/mol. The molecule has 2 aromatic carbocycles. The summed E-state index contributed by atoms with van der Waals surface area (Å²) in [5, 5.41) is 1.71. The molecule has 0 amide bonds. The Morgan fingerprint density at radius 1 is 1.15 bits per heavy atom. The maximum Gasteiger partial charge on any atom is 0.128 e. The van der Waals surface area contributed by atoms with Crippen LogP contribution in [-0.2, 0) is 13.7 Å². The SMILES string of the molecule is Cn1c(COc2cccc(F)c2)cc2c(Cl)cccc21. The normalized spacial score (nSPS) is 10.9. The van der Waals surface area contributed by atoms with Crippen LogP contribution in [0.5, 0.6) is 5.75 Å². The van der Waals surface area contributed by atoms with Crippen molar-refractivity contribution < 1.29 is 9.13 Å². The Bertz CT molecular complexity index is 766. The number of hydrogen-bond donors (Lipinski definition) is 0. The van der Waals surface area contributed by atoms with Gasteiger partial charge in [0.05, 0.1) is 5.69 Å². The number of benzene rings is 2. The van der Waals surface area contributed by atoms with Gasteiger partial charge in [-0.15, -0.1) is 0 Å². The van der Waals surface area contributed by atoms with Crippen molar-refractivity contribution in [1.29, 1.82) is 0 Å². The van der Waals surface area contributed by atoms with Gasteiger partial charge in [0.15, 0.2) is 0 Å². The lowest BCUT2D eigenvalue weighted by molar-refractivity contribution is 0.296. The first kappa shape index (κ1) is 13.0. The number of ether oxygens (including phenoxy) is 1. The van der Waals surface area contributed by atoms with E-state index in [2.05, 4.69) is 0 Å². The van der Waals surface area contributed by atoms with E-state index in [-0.39, 0.29) is 5.82 Å². The van der Waals surface area contributed by atoms with Gasteiger partial charge in [0.25, 0.3) is 0 Å². The van der Waals surface area contributed by atoms with Crippen LogP contribution < -0.4 is 4.74 Å². The fraction of sp³-hybridized carbons (Fsp3) is 0.125. The molecule has 2 nitrogen and oxygen atoms in total. The van der Waals surface area contributed by atoms with Crippen molar-refractivity contribution in [2.24, 2.45) is 7.05 Å². The number of halogens is 2. The van der Waals surface area contributed by atoms with Crippen molar-refractivity contribution in [2.75, 3.05) is 0 Å². The van der Waals surface area contributed by atoms with E-state index in [1.165, 1.54) is 12.1 Å². The second kappa shape index (κ2) is 5.17. The summed E-state index contributed by atoms with van der Waals surface area (Å²) in [5.74, 6) is 0.212. The molecule has 3 aromatic rings. The van der Waals surface area contributed by atoms with E-state index in [0.29, 0.717) is 12.4 Å². The fourth-order valence-corrected chi connectivity index (χ4v) is 2.46. The smallest absolute Gasteiger partial charge is 0.128 e. The average Bonchev–Trinajstić information content (AvgIpc) is 2.75. The Morgan fingerprint density at radius 2 is 1.95 bits per heavy atom. The fourth-order valence-electron chi connectivity index (χ4n) is 2.23. The maximum atomic E-state index is 13.1. The number of aryl methyl sites for hydroxylation is 1. The topological polar surface area (TPSA) is 14.2 Å². The van der Waals surface area contributed by atoms with E-state index < -0.39 is 0 Å². The molecule has 1 aromatic heterocycles. The van der Waals surface area contributed by atoms with Crippen LogP contribution in [0.4, 0.5) is 4.39 Å². The largest absolute Gasteiger partial charge is 0.487 e. The summed E-state index contributed by atoms with van der Waals surface area (Å²) in [4.78, 5) is 0. The third-order valence-electron chi connectivity index (χ3n) is 3.32. The van der Waals surface area contributed by atoms with Gasteiger partial charge in [0, 0.05) is 29.0 Å². The van der Waals surface area contributed by atoms with Crippen LogP contribution in [0.25, 0.3) is 10.9 Å². The van der Waals surface area contributed by atoms with Gasteiger partial charge in [-0.25, -0.2) is 4.39 Å². The van der Waals surface area contributed by atoms with E-state index in [1.807, 2.05) is 35.9 Å². The third kappa shape index (κ3) is 2.37. The molecule has 0 unspecified atom stereocenters. The van der Waals surface area contributed by atoms with Gasteiger partial charge in [0.2, 0.25) is 0 Å². The number of hydrogen-bond acceptors (Lipinski definition) is 1. The van der Waals surface area contributed by atoms with Gasteiger partial charge >= 0.3 is 0 Å². The van der Waals surface area contributed by atoms with Gasteiger partial charge in [0.1, 0.15) is 18.2 Å². The summed E-state index contributed by atoms with van der Waals surface area (Å²) >= 11 is 6.18. The van der Waals surface area contributed by atoms with Crippen molar-refractivity contribution in [3.63, 3.8) is 0 Å². The zero-order valence-electron chi connectivity index (χ0n) is 10.9. The Kier molecular flexibility index (Phi) is 3.36. The lowest BCUT2D eigenvalue weighted by Crippen LogP contribution is -2.01. The highest BCUT2D eigenvalue weighted by Crippen LogP contribution is 2.26. The van der Waals surface area contributed by atoms with Crippen molar-refractivity contribution in [3.8, 4) is 5.75 Å². The second-order valence-electron chi connectivity index (χ2n) is 4.61. The van der Waals surface area contributed by atoms with E-state index in [0.717, 1.165) is 21.6 Å². The minimum absolute atomic E-state index is 0.303. The van der Waals surface area contributed by atoms with E-state index in [9.17, 15) is 4.39 Å². The zero-order chi connectivity index (χ0) is 14.1. The van der Waals surface area contributed by atoms with Crippen LogP contribution in [0.1, 0.15) is 5.69 Å². The summed E-state index contributed by atoms with van der Waals surface area (Å²) in [6.45, 7) is 0.366. The Labute approximate surface area is 121 Å². The third-order valence-corrected chi connectivity index (χ3v) is 3.65. The highest BCUT2D eigenvalue weighted by atomic mass is 35.5. The Morgan fingerprint density at radius 3 is 2.70 bits per heavy atom. The number of rotatable bonds is 3. The zero-order valence-corrected chi connectivity index (χ0v) is 11.7. The molecule has 0 saturated heterocycles. The van der Waals surface area contributed by atoms with Crippen molar-refractivity contribution in [2.45, 2.75) is 6.61 Å². The highest BCUT2D eigenvalue weighted by Gasteiger charge is 2.08. The Hall–Kier alpha value is -2.00. The molecule has 0 aliphatic rings. The molecule has 20 heavy (non-hydrogen) atoms. The van der Waals surface area contributed by atoms with Gasteiger partial charge in [-0.1, -0.05) is 23.7 Å². The van der Waals surface area contributed by atoms with Gasteiger partial charge < -0.3 is 9.30 Å². The van der Waals surface area contributed by atoms with E-state index >= 15 is 0 Å². The predicted octanol–water partition coefficient (Wildman–Crippen LogP) is 4.55. The molecule has 1 heterocycles. The van der Waals surface area contributed by atoms with Gasteiger partial charge in [-0.05, 0) is 30.3 Å². The lowest BCUT2D eigenvalue weighted by atomic mass is 10.2. The van der Waals surface area contributed by atoms with Crippen LogP contribution in [0.3, 0.4) is 0 Å². The van der Waals surface area contributed by atoms with Gasteiger partial charge in [-0.3, -0.25) is 0 Å². The summed E-state index contributed by atoms with van der Waals surface area (Å²) in [5.41, 5.74) is 2.03. The molecule has 0 atom stereocenters. The molecule has 0 spiro atoms. The first-order chi connectivity index (χ1) is 9.65. The minimum Gasteiger partial charge on any atom is -0.487 e. The van der Waals surface area contributed by atoms with Crippen LogP contribution in [0.15, 0.2) is 48.5 Å². The van der Waals surface area contributed by atoms with E-state index in [1.54, 1.807) is 12.1 Å². The second-order valence-corrected chi connectivity index (χ2v) is 5.02. The number of aromatic nitrogens is 1. The monoisotopic (exact) mass is 289 g/mol. The highest BCUT2D eigenvalue weighted by molar-refractivity contribution is 6.35. The summed E-state index contributed by atoms with van der Waals surface area (Å²) in [7, 11) is 1.96. The van der Waals surface area contributed by atoms with Crippen molar-refractivity contribution in [1.82, 2.24) is 4.57 Å². The molecule has 0 N–H and O–H groups in total. The molecular formula is C16H13ClFNO. The van der Waals surface area contributed by atoms with Crippen LogP contribution >= 0.6 is 11.6 Å². The van der Waals surface area contributed by atoms with Crippen LogP contribution in [0.2, 0.25) is 5.02 Å². The molecule has 0 fully saturated rings. The maximum absolute atomic E-state index is 13.1. The average molecular weight is 290 g/mol. The lowest BCUT2D eigenvalue weighted by Gasteiger charge is -2.07. The molecule has 4 heteroatoms. The molecule has 102 valence electrons. The first-order valence-electron chi connectivity index (χ1n) is 6.26. The molecule has 0 radical (unpaired) electrons. The summed E-state index contributed by atoms with van der Waals surface area (Å²) in [6, 6.07) is 13.9. The standard InChI is InChI=1S/C16H13ClFNO/c1-19-12(9-14-15(17)6-3-7-16(14)19)10-20-13-5-2-4-11(18)8-13/h2-9H,10H2,1H3. The molecule has 0 bridgehead atoms. The van der Waals surface area contributed by atoms with Crippen LogP contribution in [0, 0.1) is 5.82 Å². The Balaban J connectivity index is 1.88. The van der Waals surface area contributed by atoms with Crippen molar-refractivity contribution in [3.05, 3.63) is 65.1 Å². The van der Waals surface area contributed by atoms with Gasteiger partial charge in [-0.2, -0.15) is 0 Å². The predicted molar refractivity (Wildman–Crippen MR) is 78.7 cm³/mol. The van der Waals surface area contributed by atoms with E-state index in [4.69, 9.17) is 16.3 Å².